The molecule has 0 saturated carbocycles. The van der Waals surface area contributed by atoms with Gasteiger partial charge in [0.1, 0.15) is 0 Å². The van der Waals surface area contributed by atoms with Crippen LogP contribution in [0, 0.1) is 0 Å². The van der Waals surface area contributed by atoms with E-state index in [0.29, 0.717) is 0 Å². The van der Waals surface area contributed by atoms with Crippen molar-refractivity contribution in [2.75, 3.05) is 0 Å². The van der Waals surface area contributed by atoms with Crippen molar-refractivity contribution in [3.05, 3.63) is 108 Å². The molecule has 166 valence electrons. The van der Waals surface area contributed by atoms with Crippen molar-refractivity contribution in [2.45, 2.75) is 19.3 Å². The maximum absolute atomic E-state index is 4.48. The first-order valence-electron chi connectivity index (χ1n) is 12.1. The van der Waals surface area contributed by atoms with Crippen LogP contribution < -0.4 is 0 Å². The number of benzene rings is 5. The van der Waals surface area contributed by atoms with Crippen molar-refractivity contribution in [1.29, 1.82) is 0 Å². The number of hydrogen-bond acceptors (Lipinski definition) is 2. The molecule has 1 aliphatic carbocycles. The molecule has 8 rings (SSSR count). The summed E-state index contributed by atoms with van der Waals surface area (Å²) in [7, 11) is 0. The summed E-state index contributed by atoms with van der Waals surface area (Å²) in [6.45, 7) is 4.72. The van der Waals surface area contributed by atoms with Gasteiger partial charge in [0.15, 0.2) is 0 Å². The summed E-state index contributed by atoms with van der Waals surface area (Å²) in [6, 6.07) is 33.8. The fourth-order valence-electron chi connectivity index (χ4n) is 6.25. The minimum absolute atomic E-state index is 0.0160. The average molecular weight is 467 g/mol. The molecule has 2 aromatic heterocycles. The lowest BCUT2D eigenvalue weighted by atomic mass is 9.81. The lowest BCUT2D eigenvalue weighted by molar-refractivity contribution is 0.661. The van der Waals surface area contributed by atoms with Gasteiger partial charge in [0.05, 0.1) is 26.8 Å². The second-order valence-corrected chi connectivity index (χ2v) is 11.0. The zero-order valence-corrected chi connectivity index (χ0v) is 20.4. The Bertz CT molecular complexity index is 1990. The predicted molar refractivity (Wildman–Crippen MR) is 149 cm³/mol. The van der Waals surface area contributed by atoms with Crippen LogP contribution in [-0.4, -0.2) is 9.55 Å². The highest BCUT2D eigenvalue weighted by atomic mass is 32.1. The van der Waals surface area contributed by atoms with Crippen molar-refractivity contribution < 1.29 is 0 Å². The fourth-order valence-corrected chi connectivity index (χ4v) is 6.96. The third kappa shape index (κ3) is 2.46. The number of para-hydroxylation sites is 1. The normalized spacial score (nSPS) is 14.2. The van der Waals surface area contributed by atoms with Crippen LogP contribution in [0.2, 0.25) is 0 Å². The Morgan fingerprint density at radius 1 is 0.714 bits per heavy atom. The van der Waals surface area contributed by atoms with Crippen molar-refractivity contribution >= 4 is 54.1 Å². The Morgan fingerprint density at radius 3 is 2.51 bits per heavy atom. The summed E-state index contributed by atoms with van der Waals surface area (Å²) in [4.78, 5) is 4.48. The Hall–Kier alpha value is -3.95. The molecule has 2 heterocycles. The van der Waals surface area contributed by atoms with E-state index in [1.54, 1.807) is 11.3 Å². The van der Waals surface area contributed by atoms with Gasteiger partial charge in [-0.05, 0) is 75.5 Å². The molecule has 0 unspecified atom stereocenters. The third-order valence-electron chi connectivity index (χ3n) is 7.93. The average Bonchev–Trinajstić information content (AvgIpc) is 3.55. The SMILES string of the molecule is CC1(C)c2ccccc2-c2cc3ccc4c(c3cc21)c1ccccc1n4-c1ccc2ncsc2c1. The Labute approximate surface area is 207 Å². The van der Waals surface area contributed by atoms with Crippen molar-refractivity contribution in [3.63, 3.8) is 0 Å². The zero-order chi connectivity index (χ0) is 23.3. The molecule has 0 aliphatic heterocycles. The summed E-state index contributed by atoms with van der Waals surface area (Å²) >= 11 is 1.69. The summed E-state index contributed by atoms with van der Waals surface area (Å²) in [5.74, 6) is 0. The molecule has 0 bridgehead atoms. The number of hydrogen-bond donors (Lipinski definition) is 0. The molecule has 35 heavy (non-hydrogen) atoms. The summed E-state index contributed by atoms with van der Waals surface area (Å²) in [6.07, 6.45) is 0. The van der Waals surface area contributed by atoms with E-state index in [2.05, 4.69) is 114 Å². The standard InChI is InChI=1S/C32H22N2S/c1-32(2)25-9-5-3-7-21(25)24-15-19-11-14-29-31(23(19)17-26(24)32)22-8-4-6-10-28(22)34(29)20-12-13-27-30(16-20)35-18-33-27/h3-18H,1-2H3. The molecule has 0 amide bonds. The van der Waals surface area contributed by atoms with Gasteiger partial charge in [-0.1, -0.05) is 62.4 Å². The number of rotatable bonds is 1. The maximum atomic E-state index is 4.48. The highest BCUT2D eigenvalue weighted by Gasteiger charge is 2.35. The molecule has 0 N–H and O–H groups in total. The van der Waals surface area contributed by atoms with E-state index in [1.165, 1.54) is 65.2 Å². The predicted octanol–water partition coefficient (Wildman–Crippen LogP) is 8.85. The number of nitrogens with zero attached hydrogens (tertiary/aromatic N) is 2. The third-order valence-corrected chi connectivity index (χ3v) is 8.72. The molecule has 5 aromatic carbocycles. The molecule has 0 spiro atoms. The Morgan fingerprint density at radius 2 is 1.57 bits per heavy atom. The van der Waals surface area contributed by atoms with Crippen LogP contribution in [-0.2, 0) is 5.41 Å². The van der Waals surface area contributed by atoms with Crippen LogP contribution in [0.1, 0.15) is 25.0 Å². The van der Waals surface area contributed by atoms with Gasteiger partial charge in [0.25, 0.3) is 0 Å². The molecule has 1 aliphatic rings. The lowest BCUT2D eigenvalue weighted by Crippen LogP contribution is -2.14. The van der Waals surface area contributed by atoms with Crippen LogP contribution >= 0.6 is 11.3 Å². The molecule has 0 radical (unpaired) electrons. The minimum Gasteiger partial charge on any atom is -0.309 e. The first-order chi connectivity index (χ1) is 17.1. The van der Waals surface area contributed by atoms with Gasteiger partial charge < -0.3 is 4.57 Å². The van der Waals surface area contributed by atoms with Crippen LogP contribution in [0.5, 0.6) is 0 Å². The van der Waals surface area contributed by atoms with Crippen LogP contribution in [0.15, 0.2) is 96.5 Å². The molecule has 0 fully saturated rings. The molecule has 0 saturated heterocycles. The first kappa shape index (κ1) is 19.4. The first-order valence-corrected chi connectivity index (χ1v) is 12.9. The quantitative estimate of drug-likeness (QED) is 0.236. The van der Waals surface area contributed by atoms with Gasteiger partial charge >= 0.3 is 0 Å². The van der Waals surface area contributed by atoms with Gasteiger partial charge in [-0.3, -0.25) is 0 Å². The number of aromatic nitrogens is 2. The van der Waals surface area contributed by atoms with Gasteiger partial charge in [-0.15, -0.1) is 11.3 Å². The van der Waals surface area contributed by atoms with Crippen molar-refractivity contribution in [1.82, 2.24) is 9.55 Å². The van der Waals surface area contributed by atoms with Crippen LogP contribution in [0.3, 0.4) is 0 Å². The van der Waals surface area contributed by atoms with E-state index >= 15 is 0 Å². The van der Waals surface area contributed by atoms with Crippen molar-refractivity contribution in [2.24, 2.45) is 0 Å². The van der Waals surface area contributed by atoms with E-state index in [9.17, 15) is 0 Å². The molecule has 7 aromatic rings. The topological polar surface area (TPSA) is 17.8 Å². The molecular formula is C32H22N2S. The maximum Gasteiger partial charge on any atom is 0.0813 e. The minimum atomic E-state index is -0.0160. The van der Waals surface area contributed by atoms with Gasteiger partial charge in [0, 0.05) is 21.9 Å². The largest absolute Gasteiger partial charge is 0.309 e. The molecular weight excluding hydrogens is 444 g/mol. The van der Waals surface area contributed by atoms with Gasteiger partial charge in [-0.2, -0.15) is 0 Å². The van der Waals surface area contributed by atoms with E-state index < -0.39 is 0 Å². The number of thiazole rings is 1. The summed E-state index contributed by atoms with van der Waals surface area (Å²) in [5.41, 5.74) is 12.2. The van der Waals surface area contributed by atoms with Crippen molar-refractivity contribution in [3.8, 4) is 16.8 Å². The second-order valence-electron chi connectivity index (χ2n) is 10.1. The molecule has 2 nitrogen and oxygen atoms in total. The molecule has 0 atom stereocenters. The lowest BCUT2D eigenvalue weighted by Gasteiger charge is -2.21. The Kier molecular flexibility index (Phi) is 3.64. The fraction of sp³-hybridized carbons (Fsp3) is 0.0938. The van der Waals surface area contributed by atoms with E-state index in [1.807, 2.05) is 5.51 Å². The summed E-state index contributed by atoms with van der Waals surface area (Å²) in [5, 5.41) is 5.25. The molecule has 3 heteroatoms. The zero-order valence-electron chi connectivity index (χ0n) is 19.5. The van der Waals surface area contributed by atoms with E-state index in [0.717, 1.165) is 5.52 Å². The highest BCUT2D eigenvalue weighted by Crippen LogP contribution is 2.50. The summed E-state index contributed by atoms with van der Waals surface area (Å²) < 4.78 is 3.63. The highest BCUT2D eigenvalue weighted by molar-refractivity contribution is 7.16. The van der Waals surface area contributed by atoms with Gasteiger partial charge in [-0.25, -0.2) is 4.98 Å². The van der Waals surface area contributed by atoms with Crippen LogP contribution in [0.4, 0.5) is 0 Å². The number of fused-ring (bicyclic) bond motifs is 9. The second kappa shape index (κ2) is 6.59. The van der Waals surface area contributed by atoms with Crippen LogP contribution in [0.25, 0.3) is 59.6 Å². The van der Waals surface area contributed by atoms with E-state index in [4.69, 9.17) is 0 Å². The smallest absolute Gasteiger partial charge is 0.0813 e. The monoisotopic (exact) mass is 466 g/mol. The van der Waals surface area contributed by atoms with E-state index in [-0.39, 0.29) is 5.41 Å². The Balaban J connectivity index is 1.50. The van der Waals surface area contributed by atoms with Gasteiger partial charge in [0.2, 0.25) is 0 Å².